The van der Waals surface area contributed by atoms with Crippen molar-refractivity contribution >= 4 is 101 Å². The van der Waals surface area contributed by atoms with Crippen molar-refractivity contribution in [2.45, 2.75) is 72.0 Å². The maximum atomic E-state index is 2.49. The summed E-state index contributed by atoms with van der Waals surface area (Å²) in [4.78, 5) is 9.82. The molecule has 0 heterocycles. The lowest BCUT2D eigenvalue weighted by atomic mass is 9.84. The zero-order chi connectivity index (χ0) is 52.0. The fourth-order valence-corrected chi connectivity index (χ4v) is 12.5. The van der Waals surface area contributed by atoms with E-state index < -0.39 is 0 Å². The SMILES string of the molecule is CC(C)(C)c1ccc(N(c2ccc(Sc3ccccc3)cc2)c2c3ccccc3c(-c3c4ccccc4c(N(c4ccc(Sc5ccccc5)cc4)c4ccc(C(C)(C)C)cc4)c4ccccc34)c3ccccc23)cc1. The molecule has 0 fully saturated rings. The summed E-state index contributed by atoms with van der Waals surface area (Å²) in [5.41, 5.74) is 11.9. The zero-order valence-corrected chi connectivity index (χ0v) is 45.6. The molecular weight excluding hydrogens is 957 g/mol. The van der Waals surface area contributed by atoms with E-state index in [0.717, 1.165) is 34.1 Å². The van der Waals surface area contributed by atoms with Crippen LogP contribution >= 0.6 is 23.5 Å². The van der Waals surface area contributed by atoms with Gasteiger partial charge in [0.1, 0.15) is 0 Å². The molecule has 0 saturated carbocycles. The number of hydrogen-bond donors (Lipinski definition) is 0. The molecule has 0 saturated heterocycles. The molecule has 12 aromatic carbocycles. The molecule has 2 nitrogen and oxygen atoms in total. The summed E-state index contributed by atoms with van der Waals surface area (Å²) in [6.45, 7) is 13.7. The lowest BCUT2D eigenvalue weighted by Gasteiger charge is -2.32. The van der Waals surface area contributed by atoms with Gasteiger partial charge in [0.2, 0.25) is 0 Å². The molecule has 0 amide bonds. The van der Waals surface area contributed by atoms with Gasteiger partial charge in [-0.3, -0.25) is 0 Å². The maximum Gasteiger partial charge on any atom is 0.0618 e. The topological polar surface area (TPSA) is 6.48 Å². The van der Waals surface area contributed by atoms with E-state index in [9.17, 15) is 0 Å². The van der Waals surface area contributed by atoms with Gasteiger partial charge in [-0.25, -0.2) is 0 Å². The Kier molecular flexibility index (Phi) is 13.0. The molecule has 0 aliphatic carbocycles. The van der Waals surface area contributed by atoms with E-state index in [1.165, 1.54) is 84.9 Å². The fraction of sp³-hybridized carbons (Fsp3) is 0.111. The van der Waals surface area contributed by atoms with Crippen molar-refractivity contribution in [3.8, 4) is 11.1 Å². The van der Waals surface area contributed by atoms with E-state index >= 15 is 0 Å². The lowest BCUT2D eigenvalue weighted by Crippen LogP contribution is -2.14. The van der Waals surface area contributed by atoms with Crippen molar-refractivity contribution in [3.05, 3.63) is 266 Å². The van der Waals surface area contributed by atoms with Crippen LogP contribution in [0.3, 0.4) is 0 Å². The van der Waals surface area contributed by atoms with Gasteiger partial charge in [-0.15, -0.1) is 0 Å². The second-order valence-electron chi connectivity index (χ2n) is 21.7. The Hall–Kier alpha value is -8.02. The Labute approximate surface area is 456 Å². The maximum absolute atomic E-state index is 2.49. The highest BCUT2D eigenvalue weighted by molar-refractivity contribution is 7.99. The van der Waals surface area contributed by atoms with Gasteiger partial charge in [-0.2, -0.15) is 0 Å². The number of benzene rings is 12. The van der Waals surface area contributed by atoms with E-state index in [1.54, 1.807) is 23.5 Å². The Morgan fingerprint density at radius 1 is 0.237 bits per heavy atom. The number of rotatable bonds is 11. The standard InChI is InChI=1S/C72H60N2S2/c1-71(2,3)49-33-37-51(38-34-49)73(53-41-45-57(46-42-53)75-55-21-9-7-10-22-55)69-63-29-17-13-25-59(63)67(60-26-14-18-30-64(60)69)68-61-27-15-19-31-65(61)70(66-32-20-16-28-62(66)68)74(52-39-35-50(36-40-52)72(4,5)6)54-43-47-58(48-44-54)76-56-23-11-8-12-24-56/h7-48H,1-6H3. The first kappa shape index (κ1) is 48.9. The highest BCUT2D eigenvalue weighted by Gasteiger charge is 2.28. The van der Waals surface area contributed by atoms with Gasteiger partial charge >= 0.3 is 0 Å². The van der Waals surface area contributed by atoms with Crippen LogP contribution < -0.4 is 9.80 Å². The molecule has 12 aromatic rings. The van der Waals surface area contributed by atoms with Gasteiger partial charge in [-0.1, -0.05) is 223 Å². The van der Waals surface area contributed by atoms with Gasteiger partial charge < -0.3 is 9.80 Å². The molecule has 76 heavy (non-hydrogen) atoms. The van der Waals surface area contributed by atoms with Gasteiger partial charge in [0.25, 0.3) is 0 Å². The van der Waals surface area contributed by atoms with Crippen LogP contribution in [0, 0.1) is 0 Å². The molecule has 0 atom stereocenters. The highest BCUT2D eigenvalue weighted by Crippen LogP contribution is 2.54. The van der Waals surface area contributed by atoms with Crippen LogP contribution in [-0.4, -0.2) is 0 Å². The minimum atomic E-state index is 0.0159. The molecule has 0 N–H and O–H groups in total. The first-order chi connectivity index (χ1) is 37.0. The largest absolute Gasteiger partial charge is 0.309 e. The molecule has 0 spiro atoms. The van der Waals surface area contributed by atoms with Crippen LogP contribution in [-0.2, 0) is 10.8 Å². The molecule has 0 bridgehead atoms. The van der Waals surface area contributed by atoms with Crippen LogP contribution in [0.5, 0.6) is 0 Å². The molecular formula is C72H60N2S2. The van der Waals surface area contributed by atoms with Crippen LogP contribution in [0.25, 0.3) is 54.2 Å². The van der Waals surface area contributed by atoms with Crippen LogP contribution in [0.15, 0.2) is 274 Å². The molecule has 0 aliphatic rings. The molecule has 0 aliphatic heterocycles. The van der Waals surface area contributed by atoms with Gasteiger partial charge in [0.15, 0.2) is 0 Å². The van der Waals surface area contributed by atoms with Crippen molar-refractivity contribution in [1.82, 2.24) is 0 Å². The van der Waals surface area contributed by atoms with Gasteiger partial charge in [-0.05, 0) is 152 Å². The van der Waals surface area contributed by atoms with Crippen molar-refractivity contribution in [2.24, 2.45) is 0 Å². The van der Waals surface area contributed by atoms with Crippen LogP contribution in [0.2, 0.25) is 0 Å². The Bertz CT molecular complexity index is 3640. The second-order valence-corrected chi connectivity index (χ2v) is 24.0. The molecule has 0 aromatic heterocycles. The summed E-state index contributed by atoms with van der Waals surface area (Å²) in [5, 5.41) is 9.55. The molecule has 4 heteroatoms. The van der Waals surface area contributed by atoms with Gasteiger partial charge in [0, 0.05) is 63.9 Å². The first-order valence-corrected chi connectivity index (χ1v) is 28.0. The normalized spacial score (nSPS) is 11.9. The summed E-state index contributed by atoms with van der Waals surface area (Å²) >= 11 is 3.58. The minimum Gasteiger partial charge on any atom is -0.309 e. The average molecular weight is 1020 g/mol. The summed E-state index contributed by atoms with van der Waals surface area (Å²) in [5.74, 6) is 0. The Morgan fingerprint density at radius 3 is 0.724 bits per heavy atom. The molecule has 0 unspecified atom stereocenters. The van der Waals surface area contributed by atoms with Crippen molar-refractivity contribution in [1.29, 1.82) is 0 Å². The Morgan fingerprint density at radius 2 is 0.461 bits per heavy atom. The van der Waals surface area contributed by atoms with E-state index in [1.807, 2.05) is 0 Å². The number of fused-ring (bicyclic) bond motifs is 4. The second kappa shape index (κ2) is 20.3. The quantitative estimate of drug-likeness (QED) is 0.119. The third kappa shape index (κ3) is 9.42. The number of hydrogen-bond acceptors (Lipinski definition) is 4. The monoisotopic (exact) mass is 1020 g/mol. The predicted molar refractivity (Wildman–Crippen MR) is 330 cm³/mol. The predicted octanol–water partition coefficient (Wildman–Crippen LogP) is 21.8. The summed E-state index contributed by atoms with van der Waals surface area (Å²) < 4.78 is 0. The smallest absolute Gasteiger partial charge is 0.0618 e. The van der Waals surface area contributed by atoms with E-state index in [2.05, 4.69) is 306 Å². The lowest BCUT2D eigenvalue weighted by molar-refractivity contribution is 0.590. The van der Waals surface area contributed by atoms with Gasteiger partial charge in [0.05, 0.1) is 11.4 Å². The third-order valence-corrected chi connectivity index (χ3v) is 16.7. The van der Waals surface area contributed by atoms with E-state index in [0.29, 0.717) is 0 Å². The van der Waals surface area contributed by atoms with E-state index in [4.69, 9.17) is 0 Å². The highest BCUT2D eigenvalue weighted by atomic mass is 32.2. The fourth-order valence-electron chi connectivity index (χ4n) is 10.8. The summed E-state index contributed by atoms with van der Waals surface area (Å²) in [6, 6.07) is 94.3. The van der Waals surface area contributed by atoms with Crippen molar-refractivity contribution < 1.29 is 0 Å². The summed E-state index contributed by atoms with van der Waals surface area (Å²) in [6.07, 6.45) is 0. The van der Waals surface area contributed by atoms with Crippen LogP contribution in [0.1, 0.15) is 52.7 Å². The number of anilines is 6. The van der Waals surface area contributed by atoms with Crippen molar-refractivity contribution in [2.75, 3.05) is 9.80 Å². The zero-order valence-electron chi connectivity index (χ0n) is 44.0. The average Bonchev–Trinajstić information content (AvgIpc) is 3.46. The summed E-state index contributed by atoms with van der Waals surface area (Å²) in [7, 11) is 0. The molecule has 12 rings (SSSR count). The Balaban J connectivity index is 1.10. The third-order valence-electron chi connectivity index (χ3n) is 14.6. The van der Waals surface area contributed by atoms with E-state index in [-0.39, 0.29) is 10.8 Å². The number of nitrogens with zero attached hydrogens (tertiary/aromatic N) is 2. The molecule has 370 valence electrons. The first-order valence-electron chi connectivity index (χ1n) is 26.3. The minimum absolute atomic E-state index is 0.0159. The van der Waals surface area contributed by atoms with Crippen molar-refractivity contribution in [3.63, 3.8) is 0 Å². The van der Waals surface area contributed by atoms with Crippen LogP contribution in [0.4, 0.5) is 34.1 Å². The molecule has 0 radical (unpaired) electrons.